The van der Waals surface area contributed by atoms with Gasteiger partial charge in [0, 0.05) is 5.69 Å². The maximum atomic E-state index is 13.2. The van der Waals surface area contributed by atoms with E-state index in [-0.39, 0.29) is 4.90 Å². The SMILES string of the molecule is Cc1ccc(NS(=O)(=O)c2cc(F)ccc2C)cc1. The largest absolute Gasteiger partial charge is 0.280 e. The highest BCUT2D eigenvalue weighted by Crippen LogP contribution is 2.20. The van der Waals surface area contributed by atoms with Crippen molar-refractivity contribution in [1.29, 1.82) is 0 Å². The van der Waals surface area contributed by atoms with E-state index in [2.05, 4.69) is 4.72 Å². The molecular formula is C14H14FNO2S. The van der Waals surface area contributed by atoms with E-state index in [0.29, 0.717) is 11.3 Å². The minimum Gasteiger partial charge on any atom is -0.280 e. The van der Waals surface area contributed by atoms with Crippen LogP contribution in [0.4, 0.5) is 10.1 Å². The minimum atomic E-state index is -3.77. The average molecular weight is 279 g/mol. The Morgan fingerprint density at radius 3 is 2.26 bits per heavy atom. The number of hydrogen-bond acceptors (Lipinski definition) is 2. The molecule has 0 saturated carbocycles. The highest BCUT2D eigenvalue weighted by Gasteiger charge is 2.17. The van der Waals surface area contributed by atoms with Crippen molar-refractivity contribution in [2.24, 2.45) is 0 Å². The summed E-state index contributed by atoms with van der Waals surface area (Å²) in [5, 5.41) is 0. The molecule has 0 aliphatic heterocycles. The zero-order chi connectivity index (χ0) is 14.0. The molecule has 0 atom stereocenters. The summed E-state index contributed by atoms with van der Waals surface area (Å²) >= 11 is 0. The second-order valence-electron chi connectivity index (χ2n) is 4.38. The van der Waals surface area contributed by atoms with Crippen LogP contribution in [0.1, 0.15) is 11.1 Å². The Balaban J connectivity index is 2.37. The standard InChI is InChI=1S/C14H14FNO2S/c1-10-3-7-13(8-4-10)16-19(17,18)14-9-12(15)6-5-11(14)2/h3-9,16H,1-2H3. The van der Waals surface area contributed by atoms with E-state index in [1.807, 2.05) is 6.92 Å². The van der Waals surface area contributed by atoms with E-state index in [0.717, 1.165) is 11.6 Å². The van der Waals surface area contributed by atoms with Crippen molar-refractivity contribution in [2.75, 3.05) is 4.72 Å². The summed E-state index contributed by atoms with van der Waals surface area (Å²) in [5.41, 5.74) is 1.99. The van der Waals surface area contributed by atoms with Gasteiger partial charge in [0.1, 0.15) is 5.82 Å². The molecule has 0 bridgehead atoms. The van der Waals surface area contributed by atoms with Crippen LogP contribution in [0.15, 0.2) is 47.4 Å². The molecule has 2 aromatic rings. The predicted molar refractivity (Wildman–Crippen MR) is 73.1 cm³/mol. The van der Waals surface area contributed by atoms with E-state index >= 15 is 0 Å². The normalized spacial score (nSPS) is 11.3. The van der Waals surface area contributed by atoms with Gasteiger partial charge in [0.15, 0.2) is 0 Å². The molecule has 19 heavy (non-hydrogen) atoms. The van der Waals surface area contributed by atoms with Crippen LogP contribution >= 0.6 is 0 Å². The summed E-state index contributed by atoms with van der Waals surface area (Å²) in [4.78, 5) is -0.0481. The summed E-state index contributed by atoms with van der Waals surface area (Å²) in [6.45, 7) is 3.54. The topological polar surface area (TPSA) is 46.2 Å². The second-order valence-corrected chi connectivity index (χ2v) is 6.03. The number of rotatable bonds is 3. The van der Waals surface area contributed by atoms with Gasteiger partial charge in [-0.05, 0) is 43.7 Å². The van der Waals surface area contributed by atoms with Crippen LogP contribution in [0.5, 0.6) is 0 Å². The van der Waals surface area contributed by atoms with Gasteiger partial charge in [-0.3, -0.25) is 4.72 Å². The third-order valence-electron chi connectivity index (χ3n) is 2.74. The van der Waals surface area contributed by atoms with E-state index in [9.17, 15) is 12.8 Å². The molecular weight excluding hydrogens is 265 g/mol. The Kier molecular flexibility index (Phi) is 3.57. The van der Waals surface area contributed by atoms with Crippen molar-refractivity contribution in [3.63, 3.8) is 0 Å². The lowest BCUT2D eigenvalue weighted by Crippen LogP contribution is -2.14. The van der Waals surface area contributed by atoms with Crippen LogP contribution in [0.25, 0.3) is 0 Å². The lowest BCUT2D eigenvalue weighted by atomic mass is 10.2. The molecule has 0 amide bonds. The van der Waals surface area contributed by atoms with Crippen molar-refractivity contribution < 1.29 is 12.8 Å². The molecule has 0 aromatic heterocycles. The van der Waals surface area contributed by atoms with Crippen LogP contribution in [-0.2, 0) is 10.0 Å². The first-order valence-corrected chi connectivity index (χ1v) is 7.22. The first-order chi connectivity index (χ1) is 8.88. The van der Waals surface area contributed by atoms with Gasteiger partial charge in [0.05, 0.1) is 4.90 Å². The van der Waals surface area contributed by atoms with Gasteiger partial charge in [0.2, 0.25) is 0 Å². The molecule has 2 aromatic carbocycles. The molecule has 100 valence electrons. The zero-order valence-corrected chi connectivity index (χ0v) is 11.5. The van der Waals surface area contributed by atoms with Crippen LogP contribution in [0, 0.1) is 19.7 Å². The fourth-order valence-electron chi connectivity index (χ4n) is 1.70. The quantitative estimate of drug-likeness (QED) is 0.937. The Labute approximate surface area is 112 Å². The number of sulfonamides is 1. The maximum absolute atomic E-state index is 13.2. The van der Waals surface area contributed by atoms with Crippen molar-refractivity contribution >= 4 is 15.7 Å². The second kappa shape index (κ2) is 5.01. The third-order valence-corrected chi connectivity index (χ3v) is 4.27. The number of anilines is 1. The molecule has 0 radical (unpaired) electrons. The average Bonchev–Trinajstić information content (AvgIpc) is 2.35. The fraction of sp³-hybridized carbons (Fsp3) is 0.143. The van der Waals surface area contributed by atoms with Crippen LogP contribution < -0.4 is 4.72 Å². The molecule has 0 aliphatic rings. The highest BCUT2D eigenvalue weighted by molar-refractivity contribution is 7.92. The number of hydrogen-bond donors (Lipinski definition) is 1. The number of halogens is 1. The lowest BCUT2D eigenvalue weighted by Gasteiger charge is -2.10. The summed E-state index contributed by atoms with van der Waals surface area (Å²) < 4.78 is 40.0. The molecule has 3 nitrogen and oxygen atoms in total. The lowest BCUT2D eigenvalue weighted by molar-refractivity contribution is 0.594. The molecule has 5 heteroatoms. The Morgan fingerprint density at radius 1 is 1.00 bits per heavy atom. The van der Waals surface area contributed by atoms with Crippen LogP contribution in [0.3, 0.4) is 0 Å². The Bertz CT molecular complexity index is 694. The monoisotopic (exact) mass is 279 g/mol. The van der Waals surface area contributed by atoms with Crippen molar-refractivity contribution in [1.82, 2.24) is 0 Å². The Hall–Kier alpha value is -1.88. The molecule has 0 unspecified atom stereocenters. The van der Waals surface area contributed by atoms with Crippen LogP contribution in [0.2, 0.25) is 0 Å². The van der Waals surface area contributed by atoms with E-state index < -0.39 is 15.8 Å². The molecule has 2 rings (SSSR count). The molecule has 1 N–H and O–H groups in total. The van der Waals surface area contributed by atoms with Gasteiger partial charge in [-0.15, -0.1) is 0 Å². The zero-order valence-electron chi connectivity index (χ0n) is 10.6. The van der Waals surface area contributed by atoms with Gasteiger partial charge in [-0.25, -0.2) is 12.8 Å². The molecule has 0 spiro atoms. The smallest absolute Gasteiger partial charge is 0.262 e. The van der Waals surface area contributed by atoms with Gasteiger partial charge in [-0.2, -0.15) is 0 Å². The minimum absolute atomic E-state index is 0.0481. The fourth-order valence-corrected chi connectivity index (χ4v) is 3.01. The summed E-state index contributed by atoms with van der Waals surface area (Å²) in [5.74, 6) is -0.574. The Morgan fingerprint density at radius 2 is 1.63 bits per heavy atom. The van der Waals surface area contributed by atoms with E-state index in [1.165, 1.54) is 12.1 Å². The number of nitrogens with one attached hydrogen (secondary N) is 1. The molecule has 0 fully saturated rings. The predicted octanol–water partition coefficient (Wildman–Crippen LogP) is 3.24. The number of aryl methyl sites for hydroxylation is 2. The van der Waals surface area contributed by atoms with Crippen molar-refractivity contribution in [2.45, 2.75) is 18.7 Å². The van der Waals surface area contributed by atoms with Gasteiger partial charge in [0.25, 0.3) is 10.0 Å². The maximum Gasteiger partial charge on any atom is 0.262 e. The molecule has 0 aliphatic carbocycles. The first kappa shape index (κ1) is 13.5. The van der Waals surface area contributed by atoms with Gasteiger partial charge < -0.3 is 0 Å². The van der Waals surface area contributed by atoms with Crippen molar-refractivity contribution in [3.8, 4) is 0 Å². The highest BCUT2D eigenvalue weighted by atomic mass is 32.2. The van der Waals surface area contributed by atoms with Gasteiger partial charge in [-0.1, -0.05) is 23.8 Å². The summed E-state index contributed by atoms with van der Waals surface area (Å²) in [7, 11) is -3.77. The summed E-state index contributed by atoms with van der Waals surface area (Å²) in [6.07, 6.45) is 0. The van der Waals surface area contributed by atoms with Gasteiger partial charge >= 0.3 is 0 Å². The number of benzene rings is 2. The van der Waals surface area contributed by atoms with E-state index in [4.69, 9.17) is 0 Å². The summed E-state index contributed by atoms with van der Waals surface area (Å²) in [6, 6.07) is 10.6. The molecule has 0 heterocycles. The van der Waals surface area contributed by atoms with Crippen LogP contribution in [-0.4, -0.2) is 8.42 Å². The third kappa shape index (κ3) is 3.12. The van der Waals surface area contributed by atoms with Crippen molar-refractivity contribution in [3.05, 3.63) is 59.4 Å². The first-order valence-electron chi connectivity index (χ1n) is 5.74. The van der Waals surface area contributed by atoms with E-state index in [1.54, 1.807) is 31.2 Å². The molecule has 0 saturated heterocycles.